The highest BCUT2D eigenvalue weighted by atomic mass is 16.3. The Morgan fingerprint density at radius 1 is 1.07 bits per heavy atom. The smallest absolute Gasteiger partial charge is 0.0761 e. The molecule has 0 aliphatic heterocycles. The Morgan fingerprint density at radius 3 is 2.07 bits per heavy atom. The maximum absolute atomic E-state index is 9.27. The topological polar surface area (TPSA) is 40.5 Å². The fraction of sp³-hybridized carbons (Fsp3) is 0.333. The predicted molar refractivity (Wildman–Crippen MR) is 57.8 cm³/mol. The molecule has 2 N–H and O–H groups in total. The van der Waals surface area contributed by atoms with Crippen molar-refractivity contribution in [1.82, 2.24) is 0 Å². The fourth-order valence-corrected chi connectivity index (χ4v) is 1.14. The molecule has 0 aromatic heterocycles. The van der Waals surface area contributed by atoms with Crippen molar-refractivity contribution in [3.8, 4) is 0 Å². The summed E-state index contributed by atoms with van der Waals surface area (Å²) in [5.74, 6) is 0. The Labute approximate surface area is 84.5 Å². The molecule has 0 amide bonds. The summed E-state index contributed by atoms with van der Waals surface area (Å²) in [6, 6.07) is 7.60. The van der Waals surface area contributed by atoms with Crippen LogP contribution in [-0.4, -0.2) is 16.3 Å². The van der Waals surface area contributed by atoms with Gasteiger partial charge in [-0.25, -0.2) is 0 Å². The average Bonchev–Trinajstić information content (AvgIpc) is 2.15. The molecule has 0 saturated carbocycles. The Bertz CT molecular complexity index is 297. The molecule has 0 bridgehead atoms. The molecule has 0 aliphatic rings. The lowest BCUT2D eigenvalue weighted by Gasteiger charge is -2.04. The lowest BCUT2D eigenvalue weighted by Crippen LogP contribution is -1.92. The van der Waals surface area contributed by atoms with Gasteiger partial charge in [-0.05, 0) is 25.0 Å². The van der Waals surface area contributed by atoms with E-state index in [0.29, 0.717) is 0 Å². The number of hydrogen-bond donors (Lipinski definition) is 2. The zero-order valence-electron chi connectivity index (χ0n) is 8.51. The van der Waals surface area contributed by atoms with E-state index < -0.39 is 12.2 Å². The fourth-order valence-electron chi connectivity index (χ4n) is 1.14. The molecule has 2 heteroatoms. The third-order valence-electron chi connectivity index (χ3n) is 1.99. The van der Waals surface area contributed by atoms with Crippen molar-refractivity contribution in [3.63, 3.8) is 0 Å². The van der Waals surface area contributed by atoms with Crippen molar-refractivity contribution < 1.29 is 10.2 Å². The second-order valence-electron chi connectivity index (χ2n) is 3.44. The molecule has 0 spiro atoms. The van der Waals surface area contributed by atoms with E-state index in [4.69, 9.17) is 5.11 Å². The minimum Gasteiger partial charge on any atom is -0.389 e. The van der Waals surface area contributed by atoms with Crippen LogP contribution < -0.4 is 0 Å². The SMILES string of the molecule is CC(O)C=Cc1ccc(C(C)O)cc1. The maximum atomic E-state index is 9.27. The van der Waals surface area contributed by atoms with Crippen LogP contribution in [0.3, 0.4) is 0 Å². The lowest BCUT2D eigenvalue weighted by atomic mass is 10.1. The van der Waals surface area contributed by atoms with Crippen LogP contribution in [0.5, 0.6) is 0 Å². The maximum Gasteiger partial charge on any atom is 0.0761 e. The highest BCUT2D eigenvalue weighted by Gasteiger charge is 1.98. The van der Waals surface area contributed by atoms with E-state index in [1.807, 2.05) is 30.3 Å². The van der Waals surface area contributed by atoms with Gasteiger partial charge < -0.3 is 10.2 Å². The van der Waals surface area contributed by atoms with Crippen molar-refractivity contribution in [3.05, 3.63) is 41.5 Å². The van der Waals surface area contributed by atoms with Gasteiger partial charge in [0.15, 0.2) is 0 Å². The van der Waals surface area contributed by atoms with Crippen molar-refractivity contribution in [2.45, 2.75) is 26.1 Å². The van der Waals surface area contributed by atoms with Crippen LogP contribution in [0, 0.1) is 0 Å². The summed E-state index contributed by atoms with van der Waals surface area (Å²) in [5, 5.41) is 18.3. The lowest BCUT2D eigenvalue weighted by molar-refractivity contribution is 0.199. The van der Waals surface area contributed by atoms with E-state index in [9.17, 15) is 5.11 Å². The van der Waals surface area contributed by atoms with Crippen LogP contribution in [0.25, 0.3) is 6.08 Å². The number of hydrogen-bond acceptors (Lipinski definition) is 2. The molecule has 1 aromatic carbocycles. The largest absolute Gasteiger partial charge is 0.389 e. The molecule has 0 aliphatic carbocycles. The van der Waals surface area contributed by atoms with Gasteiger partial charge in [0.1, 0.15) is 0 Å². The second kappa shape index (κ2) is 4.94. The molecule has 0 heterocycles. The van der Waals surface area contributed by atoms with Gasteiger partial charge in [-0.15, -0.1) is 0 Å². The van der Waals surface area contributed by atoms with E-state index in [2.05, 4.69) is 0 Å². The minimum absolute atomic E-state index is 0.425. The highest BCUT2D eigenvalue weighted by molar-refractivity contribution is 5.50. The summed E-state index contributed by atoms with van der Waals surface area (Å²) >= 11 is 0. The van der Waals surface area contributed by atoms with Gasteiger partial charge in [0.05, 0.1) is 12.2 Å². The summed E-state index contributed by atoms with van der Waals surface area (Å²) in [5.41, 5.74) is 1.93. The van der Waals surface area contributed by atoms with Gasteiger partial charge in [0.2, 0.25) is 0 Å². The van der Waals surface area contributed by atoms with Gasteiger partial charge in [0, 0.05) is 0 Å². The molecule has 0 fully saturated rings. The number of benzene rings is 1. The third-order valence-corrected chi connectivity index (χ3v) is 1.99. The molecule has 1 aromatic rings. The Kier molecular flexibility index (Phi) is 3.86. The zero-order chi connectivity index (χ0) is 10.6. The van der Waals surface area contributed by atoms with Crippen molar-refractivity contribution in [2.24, 2.45) is 0 Å². The van der Waals surface area contributed by atoms with Gasteiger partial charge >= 0.3 is 0 Å². The third kappa shape index (κ3) is 3.32. The summed E-state index contributed by atoms with van der Waals surface area (Å²) in [6.45, 7) is 3.45. The molecule has 76 valence electrons. The molecule has 2 unspecified atom stereocenters. The molecule has 2 nitrogen and oxygen atoms in total. The van der Waals surface area contributed by atoms with E-state index in [1.165, 1.54) is 0 Å². The van der Waals surface area contributed by atoms with E-state index in [-0.39, 0.29) is 0 Å². The van der Waals surface area contributed by atoms with E-state index in [0.717, 1.165) is 11.1 Å². The molecule has 0 saturated heterocycles. The summed E-state index contributed by atoms with van der Waals surface area (Å²) in [6.07, 6.45) is 2.73. The van der Waals surface area contributed by atoms with Gasteiger partial charge in [-0.1, -0.05) is 36.4 Å². The second-order valence-corrected chi connectivity index (χ2v) is 3.44. The molecule has 0 radical (unpaired) electrons. The van der Waals surface area contributed by atoms with Gasteiger partial charge in [-0.3, -0.25) is 0 Å². The number of rotatable bonds is 3. The van der Waals surface area contributed by atoms with Gasteiger partial charge in [0.25, 0.3) is 0 Å². The first kappa shape index (κ1) is 11.0. The Morgan fingerprint density at radius 2 is 1.64 bits per heavy atom. The molecule has 1 rings (SSSR count). The monoisotopic (exact) mass is 192 g/mol. The minimum atomic E-state index is -0.426. The van der Waals surface area contributed by atoms with Crippen LogP contribution in [0.15, 0.2) is 30.3 Å². The quantitative estimate of drug-likeness (QED) is 0.770. The standard InChI is InChI=1S/C12H16O2/c1-9(13)3-4-11-5-7-12(8-6-11)10(2)14/h3-10,13-14H,1-2H3. The van der Waals surface area contributed by atoms with Crippen molar-refractivity contribution in [1.29, 1.82) is 0 Å². The Balaban J connectivity index is 2.73. The summed E-state index contributed by atoms with van der Waals surface area (Å²) in [4.78, 5) is 0. The predicted octanol–water partition coefficient (Wildman–Crippen LogP) is 2.13. The first-order valence-electron chi connectivity index (χ1n) is 4.74. The number of aliphatic hydroxyl groups is 2. The normalized spacial score (nSPS) is 15.7. The molecular weight excluding hydrogens is 176 g/mol. The number of aliphatic hydroxyl groups excluding tert-OH is 2. The average molecular weight is 192 g/mol. The van der Waals surface area contributed by atoms with Gasteiger partial charge in [-0.2, -0.15) is 0 Å². The first-order chi connectivity index (χ1) is 6.59. The summed E-state index contributed by atoms with van der Waals surface area (Å²) in [7, 11) is 0. The molecule has 14 heavy (non-hydrogen) atoms. The van der Waals surface area contributed by atoms with E-state index >= 15 is 0 Å². The zero-order valence-corrected chi connectivity index (χ0v) is 8.51. The van der Waals surface area contributed by atoms with Crippen LogP contribution >= 0.6 is 0 Å². The first-order valence-corrected chi connectivity index (χ1v) is 4.74. The molecule has 2 atom stereocenters. The highest BCUT2D eigenvalue weighted by Crippen LogP contribution is 2.13. The van der Waals surface area contributed by atoms with Crippen LogP contribution in [-0.2, 0) is 0 Å². The van der Waals surface area contributed by atoms with E-state index in [1.54, 1.807) is 19.9 Å². The summed E-state index contributed by atoms with van der Waals surface area (Å²) < 4.78 is 0. The molecular formula is C12H16O2. The van der Waals surface area contributed by atoms with Crippen LogP contribution in [0.2, 0.25) is 0 Å². The van der Waals surface area contributed by atoms with Crippen LogP contribution in [0.4, 0.5) is 0 Å². The van der Waals surface area contributed by atoms with Crippen molar-refractivity contribution >= 4 is 6.08 Å². The van der Waals surface area contributed by atoms with Crippen molar-refractivity contribution in [2.75, 3.05) is 0 Å². The van der Waals surface area contributed by atoms with Crippen LogP contribution in [0.1, 0.15) is 31.1 Å². The Hall–Kier alpha value is -1.12.